The Labute approximate surface area is 360 Å². The summed E-state index contributed by atoms with van der Waals surface area (Å²) in [4.78, 5) is 16.7. The van der Waals surface area contributed by atoms with E-state index in [1.165, 1.54) is 161 Å². The van der Waals surface area contributed by atoms with Gasteiger partial charge in [0.15, 0.2) is 6.04 Å². The number of aliphatic hydroxyl groups is 1. The Kier molecular flexibility index (Phi) is 12.2. The van der Waals surface area contributed by atoms with Crippen LogP contribution < -0.4 is 4.90 Å². The minimum Gasteiger partial charge on any atom is -0.506 e. The van der Waals surface area contributed by atoms with Crippen molar-refractivity contribution in [1.29, 1.82) is 0 Å². The van der Waals surface area contributed by atoms with Gasteiger partial charge in [0.1, 0.15) is 5.76 Å². The number of Topliss-reactive ketones (excluding diaryl/α,β-unsaturated/α-hetero) is 1. The number of allylic oxidation sites excluding steroid dienone is 7. The van der Waals surface area contributed by atoms with Crippen LogP contribution in [0.1, 0.15) is 143 Å². The van der Waals surface area contributed by atoms with E-state index in [-0.39, 0.29) is 11.5 Å². The minimum atomic E-state index is -0.0697. The van der Waals surface area contributed by atoms with E-state index in [2.05, 4.69) is 122 Å². The first-order chi connectivity index (χ1) is 29.3. The number of ketones is 1. The number of benzene rings is 3. The Bertz CT molecular complexity index is 2220. The summed E-state index contributed by atoms with van der Waals surface area (Å²) < 4.78 is 2.65. The monoisotopic (exact) mass is 802 g/mol. The van der Waals surface area contributed by atoms with Gasteiger partial charge in [-0.2, -0.15) is 4.58 Å². The van der Waals surface area contributed by atoms with Crippen LogP contribution in [0, 0.1) is 51.4 Å². The quantitative estimate of drug-likeness (QED) is 0.182. The molecule has 0 aliphatic heterocycles. The average molecular weight is 802 g/mol. The van der Waals surface area contributed by atoms with Crippen LogP contribution in [-0.4, -0.2) is 33.3 Å². The number of hydrogen-bond donors (Lipinski definition) is 1. The number of aryl methyl sites for hydroxylation is 4. The van der Waals surface area contributed by atoms with Crippen molar-refractivity contribution in [1.82, 2.24) is 0 Å². The van der Waals surface area contributed by atoms with Crippen LogP contribution in [-0.2, 0) is 4.79 Å². The van der Waals surface area contributed by atoms with Crippen LogP contribution in [0.25, 0.3) is 5.57 Å². The van der Waals surface area contributed by atoms with E-state index in [1.54, 1.807) is 0 Å². The number of aliphatic hydroxyl groups excluding tert-OH is 1. The standard InChI is InChI=1S/C56H68N2O2/c1-37-23-33-49(39(3)35-37)57(51-21-13-11-19-47(51)41-15-7-5-8-16-41)45-29-25-43(26-30-45)53-55(59)54(56(53)60)44-27-31-46(32-28-44)58(50-34-24-38(2)36-40(50)4)52-22-14-12-20-48(52)42-17-9-6-10-18-42/h23-36,41-42,47-48,51-52H,5-22H2,1-4H3/p+1. The molecular formula is C56H69N2O2+. The molecule has 4 atom stereocenters. The maximum Gasteiger partial charge on any atom is 0.208 e. The first-order valence-corrected chi connectivity index (χ1v) is 24.1. The van der Waals surface area contributed by atoms with E-state index in [0.29, 0.717) is 35.1 Å². The Morgan fingerprint density at radius 2 is 1.13 bits per heavy atom. The zero-order chi connectivity index (χ0) is 41.3. The molecule has 0 saturated heterocycles. The van der Waals surface area contributed by atoms with Crippen molar-refractivity contribution in [3.05, 3.63) is 130 Å². The normalized spacial score (nSPS) is 25.5. The third kappa shape index (κ3) is 8.05. The van der Waals surface area contributed by atoms with Crippen LogP contribution >= 0.6 is 0 Å². The Balaban J connectivity index is 1.02. The summed E-state index contributed by atoms with van der Waals surface area (Å²) in [7, 11) is 0. The van der Waals surface area contributed by atoms with Gasteiger partial charge in [-0.1, -0.05) is 112 Å². The molecule has 3 aromatic rings. The first kappa shape index (κ1) is 40.9. The molecule has 0 spiro atoms. The molecule has 4 fully saturated rings. The second-order valence-corrected chi connectivity index (χ2v) is 19.7. The van der Waals surface area contributed by atoms with Crippen molar-refractivity contribution in [2.24, 2.45) is 23.7 Å². The fourth-order valence-corrected chi connectivity index (χ4v) is 12.8. The number of nitrogens with zero attached hydrogens (tertiary/aromatic N) is 2. The van der Waals surface area contributed by atoms with Crippen molar-refractivity contribution in [3.63, 3.8) is 0 Å². The highest BCUT2D eigenvalue weighted by Gasteiger charge is 2.42. The third-order valence-electron chi connectivity index (χ3n) is 15.8. The van der Waals surface area contributed by atoms with Crippen molar-refractivity contribution < 1.29 is 14.5 Å². The van der Waals surface area contributed by atoms with Gasteiger partial charge >= 0.3 is 0 Å². The van der Waals surface area contributed by atoms with E-state index in [1.807, 2.05) is 0 Å². The number of carbonyl (C=O) groups is 1. The Morgan fingerprint density at radius 1 is 0.567 bits per heavy atom. The van der Waals surface area contributed by atoms with E-state index in [0.717, 1.165) is 23.0 Å². The van der Waals surface area contributed by atoms with Crippen LogP contribution in [0.15, 0.2) is 102 Å². The van der Waals surface area contributed by atoms with Gasteiger partial charge in [0.2, 0.25) is 17.2 Å². The van der Waals surface area contributed by atoms with E-state index in [4.69, 9.17) is 0 Å². The number of carbonyl (C=O) groups excluding carboxylic acids is 1. The zero-order valence-electron chi connectivity index (χ0n) is 37.0. The van der Waals surface area contributed by atoms with Gasteiger partial charge in [-0.15, -0.1) is 0 Å². The van der Waals surface area contributed by atoms with Crippen LogP contribution in [0.4, 0.5) is 17.1 Å². The summed E-state index contributed by atoms with van der Waals surface area (Å²) in [5.41, 5.74) is 12.6. The maximum absolute atomic E-state index is 14.1. The molecule has 4 nitrogen and oxygen atoms in total. The number of anilines is 2. The smallest absolute Gasteiger partial charge is 0.208 e. The van der Waals surface area contributed by atoms with Crippen molar-refractivity contribution in [2.75, 3.05) is 4.90 Å². The van der Waals surface area contributed by atoms with E-state index in [9.17, 15) is 9.90 Å². The lowest BCUT2D eigenvalue weighted by atomic mass is 9.70. The molecular weight excluding hydrogens is 733 g/mol. The first-order valence-electron chi connectivity index (χ1n) is 24.1. The molecule has 3 aromatic carbocycles. The lowest BCUT2D eigenvalue weighted by molar-refractivity contribution is -0.502. The van der Waals surface area contributed by atoms with Crippen molar-refractivity contribution in [2.45, 2.75) is 155 Å². The summed E-state index contributed by atoms with van der Waals surface area (Å²) in [5, 5.41) is 11.6. The minimum absolute atomic E-state index is 0.0697. The predicted octanol–water partition coefficient (Wildman–Crippen LogP) is 14.4. The molecule has 0 amide bonds. The zero-order valence-corrected chi connectivity index (χ0v) is 37.0. The van der Waals surface area contributed by atoms with Gasteiger partial charge in [0.05, 0.1) is 11.1 Å². The van der Waals surface area contributed by atoms with Crippen molar-refractivity contribution >= 4 is 34.1 Å². The van der Waals surface area contributed by atoms with E-state index < -0.39 is 0 Å². The largest absolute Gasteiger partial charge is 0.506 e. The average Bonchev–Trinajstić information content (AvgIpc) is 3.27. The molecule has 4 saturated carbocycles. The molecule has 0 bridgehead atoms. The number of hydrogen-bond acceptors (Lipinski definition) is 3. The molecule has 1 N–H and O–H groups in total. The molecule has 0 aromatic heterocycles. The molecule has 9 rings (SSSR count). The summed E-state index contributed by atoms with van der Waals surface area (Å²) in [6, 6.07) is 23.3. The maximum atomic E-state index is 14.1. The summed E-state index contributed by atoms with van der Waals surface area (Å²) >= 11 is 0. The van der Waals surface area contributed by atoms with Crippen LogP contribution in [0.5, 0.6) is 0 Å². The highest BCUT2D eigenvalue weighted by Crippen LogP contribution is 2.47. The molecule has 0 heterocycles. The SMILES string of the molecule is Cc1ccc(N(c2ccc(C3=C(O)C(=C4C=CC(=[N+](c5ccc(C)cc5C)C5CCCCC5C5CCCCC5)C=C4)C3=O)cc2)C2CCCCC2C2CCCCC2)c(C)c1. The highest BCUT2D eigenvalue weighted by molar-refractivity contribution is 6.39. The Hall–Kier alpha value is -4.44. The van der Waals surface area contributed by atoms with Crippen LogP contribution in [0.3, 0.4) is 0 Å². The fraction of sp³-hybridized carbons (Fsp3) is 0.500. The molecule has 314 valence electrons. The molecule has 6 aliphatic carbocycles. The van der Waals surface area contributed by atoms with Gasteiger partial charge in [0, 0.05) is 53.5 Å². The Morgan fingerprint density at radius 3 is 1.77 bits per heavy atom. The fourth-order valence-electron chi connectivity index (χ4n) is 12.8. The molecule has 4 heteroatoms. The summed E-state index contributed by atoms with van der Waals surface area (Å²) in [5.74, 6) is 3.03. The molecule has 6 aliphatic rings. The highest BCUT2D eigenvalue weighted by atomic mass is 16.3. The predicted molar refractivity (Wildman–Crippen MR) is 250 cm³/mol. The van der Waals surface area contributed by atoms with Gasteiger partial charge in [0.25, 0.3) is 0 Å². The molecule has 0 radical (unpaired) electrons. The lowest BCUT2D eigenvalue weighted by Gasteiger charge is -2.46. The molecule has 4 unspecified atom stereocenters. The summed E-state index contributed by atoms with van der Waals surface area (Å²) in [6.45, 7) is 8.88. The second-order valence-electron chi connectivity index (χ2n) is 19.7. The van der Waals surface area contributed by atoms with Crippen LogP contribution in [0.2, 0.25) is 0 Å². The lowest BCUT2D eigenvalue weighted by Crippen LogP contribution is -2.43. The van der Waals surface area contributed by atoms with Gasteiger partial charge in [-0.25, -0.2) is 0 Å². The second kappa shape index (κ2) is 17.9. The van der Waals surface area contributed by atoms with Gasteiger partial charge in [-0.3, -0.25) is 4.79 Å². The van der Waals surface area contributed by atoms with Crippen molar-refractivity contribution in [3.8, 4) is 0 Å². The van der Waals surface area contributed by atoms with Gasteiger partial charge < -0.3 is 10.0 Å². The third-order valence-corrected chi connectivity index (χ3v) is 15.8. The summed E-state index contributed by atoms with van der Waals surface area (Å²) in [6.07, 6.45) is 32.5. The van der Waals surface area contributed by atoms with Gasteiger partial charge in [-0.05, 0) is 137 Å². The molecule has 60 heavy (non-hydrogen) atoms. The van der Waals surface area contributed by atoms with E-state index >= 15 is 0 Å². The number of rotatable bonds is 8. The topological polar surface area (TPSA) is 43.5 Å².